The predicted octanol–water partition coefficient (Wildman–Crippen LogP) is 1.80. The zero-order chi connectivity index (χ0) is 20.3. The first-order valence-electron chi connectivity index (χ1n) is 8.56. The number of anilines is 1. The van der Waals surface area contributed by atoms with Crippen LogP contribution in [-0.2, 0) is 9.53 Å². The first-order valence-corrected chi connectivity index (χ1v) is 9.38. The van der Waals surface area contributed by atoms with Crippen LogP contribution >= 0.6 is 11.3 Å². The Balaban J connectivity index is 1.65. The number of hydrogen-bond donors (Lipinski definition) is 3. The molecule has 10 heteroatoms. The highest BCUT2D eigenvalue weighted by Crippen LogP contribution is 2.32. The number of carbonyl (C=O) groups is 2. The number of nitrogens with one attached hydrogen (secondary N) is 3. The van der Waals surface area contributed by atoms with E-state index in [9.17, 15) is 9.59 Å². The molecule has 0 saturated carbocycles. The monoisotopic (exact) mass is 406 g/mol. The van der Waals surface area contributed by atoms with Crippen LogP contribution in [0.1, 0.15) is 33.4 Å². The van der Waals surface area contributed by atoms with Gasteiger partial charge in [0.25, 0.3) is 0 Å². The Morgan fingerprint density at radius 1 is 1.18 bits per heavy atom. The molecule has 3 N–H and O–H groups in total. The van der Waals surface area contributed by atoms with Crippen LogP contribution < -0.4 is 25.6 Å². The van der Waals surface area contributed by atoms with Crippen molar-refractivity contribution in [2.24, 2.45) is 0 Å². The molecule has 2 unspecified atom stereocenters. The number of nitrogens with zero attached hydrogens (tertiary/aromatic N) is 1. The largest absolute Gasteiger partial charge is 0.493 e. The minimum atomic E-state index is -0.525. The van der Waals surface area contributed by atoms with Crippen molar-refractivity contribution in [1.82, 2.24) is 15.8 Å². The third kappa shape index (κ3) is 4.08. The number of rotatable bonds is 6. The average Bonchev–Trinajstić information content (AvgIpc) is 3.33. The van der Waals surface area contributed by atoms with Crippen molar-refractivity contribution in [3.05, 3.63) is 34.3 Å². The van der Waals surface area contributed by atoms with Gasteiger partial charge in [-0.3, -0.25) is 4.79 Å². The molecular formula is C18H22N4O5S. The summed E-state index contributed by atoms with van der Waals surface area (Å²) >= 11 is 1.23. The number of esters is 1. The molecule has 1 aromatic carbocycles. The summed E-state index contributed by atoms with van der Waals surface area (Å²) in [5, 5.41) is 3.11. The minimum absolute atomic E-state index is 0.0702. The molecule has 1 aliphatic heterocycles. The van der Waals surface area contributed by atoms with Gasteiger partial charge in [-0.2, -0.15) is 0 Å². The first kappa shape index (κ1) is 20.1. The van der Waals surface area contributed by atoms with Gasteiger partial charge in [-0.05, 0) is 31.0 Å². The summed E-state index contributed by atoms with van der Waals surface area (Å²) in [6.07, 6.45) is 0.537. The molecule has 0 bridgehead atoms. The Kier molecular flexibility index (Phi) is 6.12. The van der Waals surface area contributed by atoms with E-state index in [-0.39, 0.29) is 17.6 Å². The molecular weight excluding hydrogens is 384 g/mol. The van der Waals surface area contributed by atoms with Crippen molar-refractivity contribution in [2.75, 3.05) is 26.6 Å². The van der Waals surface area contributed by atoms with Crippen LogP contribution in [0, 0.1) is 6.92 Å². The van der Waals surface area contributed by atoms with Gasteiger partial charge in [0.05, 0.1) is 21.3 Å². The lowest BCUT2D eigenvalue weighted by molar-refractivity contribution is -0.117. The zero-order valence-corrected chi connectivity index (χ0v) is 16.8. The van der Waals surface area contributed by atoms with Crippen LogP contribution in [0.5, 0.6) is 11.5 Å². The number of hydrazine groups is 1. The van der Waals surface area contributed by atoms with E-state index in [1.165, 1.54) is 18.4 Å². The summed E-state index contributed by atoms with van der Waals surface area (Å²) < 4.78 is 15.3. The van der Waals surface area contributed by atoms with Gasteiger partial charge in [0.2, 0.25) is 5.91 Å². The normalized spacial score (nSPS) is 18.6. The van der Waals surface area contributed by atoms with Crippen molar-refractivity contribution in [1.29, 1.82) is 0 Å². The Hall–Kier alpha value is -2.69. The SMILES string of the molecule is COC(=O)c1nc(NC(=O)C2CC(c3ccc(OC)c(OC)c3)NN2)sc1C. The molecule has 0 aliphatic carbocycles. The summed E-state index contributed by atoms with van der Waals surface area (Å²) in [4.78, 5) is 29.0. The van der Waals surface area contributed by atoms with Gasteiger partial charge in [0.15, 0.2) is 22.3 Å². The van der Waals surface area contributed by atoms with Crippen LogP contribution in [-0.4, -0.2) is 44.2 Å². The molecule has 0 spiro atoms. The third-order valence-electron chi connectivity index (χ3n) is 4.44. The predicted molar refractivity (Wildman–Crippen MR) is 104 cm³/mol. The number of ether oxygens (including phenoxy) is 3. The van der Waals surface area contributed by atoms with E-state index in [0.717, 1.165) is 5.56 Å². The van der Waals surface area contributed by atoms with E-state index in [4.69, 9.17) is 9.47 Å². The van der Waals surface area contributed by atoms with Crippen molar-refractivity contribution in [3.63, 3.8) is 0 Å². The quantitative estimate of drug-likeness (QED) is 0.623. The standard InChI is InChI=1S/C18H22N4O5S/c1-9-15(17(24)27-4)19-18(28-9)20-16(23)12-8-11(21-22-12)10-5-6-13(25-2)14(7-10)26-3/h5-7,11-12,21-22H,8H2,1-4H3,(H,19,20,23). The fraction of sp³-hybridized carbons (Fsp3) is 0.389. The van der Waals surface area contributed by atoms with Crippen LogP contribution in [0.15, 0.2) is 18.2 Å². The topological polar surface area (TPSA) is 111 Å². The molecule has 2 heterocycles. The van der Waals surface area contributed by atoms with Crippen LogP contribution in [0.2, 0.25) is 0 Å². The second kappa shape index (κ2) is 8.55. The number of amides is 1. The van der Waals surface area contributed by atoms with Gasteiger partial charge < -0.3 is 19.5 Å². The average molecular weight is 406 g/mol. The van der Waals surface area contributed by atoms with Gasteiger partial charge in [-0.15, -0.1) is 11.3 Å². The highest BCUT2D eigenvalue weighted by atomic mass is 32.1. The second-order valence-corrected chi connectivity index (χ2v) is 7.35. The van der Waals surface area contributed by atoms with E-state index in [1.807, 2.05) is 18.2 Å². The third-order valence-corrected chi connectivity index (χ3v) is 5.32. The summed E-state index contributed by atoms with van der Waals surface area (Å²) in [6.45, 7) is 1.75. The Labute approximate surface area is 166 Å². The lowest BCUT2D eigenvalue weighted by atomic mass is 10.0. The fourth-order valence-electron chi connectivity index (χ4n) is 2.94. The first-order chi connectivity index (χ1) is 13.5. The Bertz CT molecular complexity index is 885. The molecule has 2 aromatic rings. The van der Waals surface area contributed by atoms with Crippen molar-refractivity contribution in [3.8, 4) is 11.5 Å². The molecule has 9 nitrogen and oxygen atoms in total. The summed E-state index contributed by atoms with van der Waals surface area (Å²) in [7, 11) is 4.46. The van der Waals surface area contributed by atoms with Gasteiger partial charge in [0, 0.05) is 10.9 Å². The van der Waals surface area contributed by atoms with Gasteiger partial charge in [-0.1, -0.05) is 6.07 Å². The van der Waals surface area contributed by atoms with Crippen molar-refractivity contribution in [2.45, 2.75) is 25.4 Å². The fourth-order valence-corrected chi connectivity index (χ4v) is 3.75. The zero-order valence-electron chi connectivity index (χ0n) is 16.0. The van der Waals surface area contributed by atoms with E-state index < -0.39 is 12.0 Å². The molecule has 28 heavy (non-hydrogen) atoms. The highest BCUT2D eigenvalue weighted by molar-refractivity contribution is 7.16. The van der Waals surface area contributed by atoms with Gasteiger partial charge >= 0.3 is 5.97 Å². The maximum absolute atomic E-state index is 12.6. The molecule has 1 saturated heterocycles. The summed E-state index contributed by atoms with van der Waals surface area (Å²) in [5.74, 6) is 0.513. The summed E-state index contributed by atoms with van der Waals surface area (Å²) in [5.41, 5.74) is 7.30. The van der Waals surface area contributed by atoms with Crippen molar-refractivity contribution >= 4 is 28.3 Å². The summed E-state index contributed by atoms with van der Waals surface area (Å²) in [6, 6.07) is 5.11. The molecule has 3 rings (SSSR count). The lowest BCUT2D eigenvalue weighted by Gasteiger charge is -2.13. The number of aromatic nitrogens is 1. The second-order valence-electron chi connectivity index (χ2n) is 6.15. The molecule has 1 fully saturated rings. The Morgan fingerprint density at radius 2 is 1.93 bits per heavy atom. The molecule has 1 aliphatic rings. The van der Waals surface area contributed by atoms with Gasteiger partial charge in [0.1, 0.15) is 6.04 Å². The molecule has 1 aromatic heterocycles. The van der Waals surface area contributed by atoms with Crippen LogP contribution in [0.3, 0.4) is 0 Å². The molecule has 1 amide bonds. The number of benzene rings is 1. The van der Waals surface area contributed by atoms with E-state index >= 15 is 0 Å². The maximum Gasteiger partial charge on any atom is 0.357 e. The maximum atomic E-state index is 12.6. The van der Waals surface area contributed by atoms with Crippen LogP contribution in [0.4, 0.5) is 5.13 Å². The molecule has 0 radical (unpaired) electrons. The number of methoxy groups -OCH3 is 3. The Morgan fingerprint density at radius 3 is 2.61 bits per heavy atom. The molecule has 2 atom stereocenters. The number of aryl methyl sites for hydroxylation is 1. The highest BCUT2D eigenvalue weighted by Gasteiger charge is 2.31. The lowest BCUT2D eigenvalue weighted by Crippen LogP contribution is -2.39. The number of thiazole rings is 1. The smallest absolute Gasteiger partial charge is 0.357 e. The number of carbonyl (C=O) groups excluding carboxylic acids is 2. The van der Waals surface area contributed by atoms with E-state index in [2.05, 4.69) is 25.9 Å². The van der Waals surface area contributed by atoms with Crippen molar-refractivity contribution < 1.29 is 23.8 Å². The van der Waals surface area contributed by atoms with E-state index in [0.29, 0.717) is 27.9 Å². The van der Waals surface area contributed by atoms with Crippen LogP contribution in [0.25, 0.3) is 0 Å². The molecule has 150 valence electrons. The van der Waals surface area contributed by atoms with E-state index in [1.54, 1.807) is 21.1 Å². The number of hydrogen-bond acceptors (Lipinski definition) is 9. The minimum Gasteiger partial charge on any atom is -0.493 e. The van der Waals surface area contributed by atoms with Gasteiger partial charge in [-0.25, -0.2) is 20.6 Å².